The van der Waals surface area contributed by atoms with Crippen LogP contribution in [0.4, 0.5) is 5.82 Å². The molecule has 0 aliphatic rings. The van der Waals surface area contributed by atoms with Crippen molar-refractivity contribution < 1.29 is 4.79 Å². The topological polar surface area (TPSA) is 147 Å². The van der Waals surface area contributed by atoms with E-state index in [-0.39, 0.29) is 22.8 Å². The van der Waals surface area contributed by atoms with Gasteiger partial charge in [-0.1, -0.05) is 11.8 Å². The molecule has 0 fully saturated rings. The minimum absolute atomic E-state index is 0.137. The number of hydrogen-bond acceptors (Lipinski definition) is 7. The summed E-state index contributed by atoms with van der Waals surface area (Å²) in [7, 11) is 0. The Morgan fingerprint density at radius 1 is 1.29 bits per heavy atom. The number of nitrogen functional groups attached to an aromatic ring is 1. The maximum absolute atomic E-state index is 12.1. The quantitative estimate of drug-likeness (QED) is 0.409. The summed E-state index contributed by atoms with van der Waals surface area (Å²) in [4.78, 5) is 48.0. The van der Waals surface area contributed by atoms with Gasteiger partial charge in [0.1, 0.15) is 11.6 Å². The second-order valence-corrected chi connectivity index (χ2v) is 6.44. The van der Waals surface area contributed by atoms with Crippen molar-refractivity contribution >= 4 is 23.5 Å². The lowest BCUT2D eigenvalue weighted by Gasteiger charge is -2.11. The number of rotatable bonds is 6. The number of carbonyl (C=O) groups is 1. The fourth-order valence-electron chi connectivity index (χ4n) is 1.92. The first-order chi connectivity index (χ1) is 11.3. The van der Waals surface area contributed by atoms with Gasteiger partial charge in [0.05, 0.1) is 5.25 Å². The molecule has 0 bridgehead atoms. The van der Waals surface area contributed by atoms with E-state index in [2.05, 4.69) is 25.3 Å². The van der Waals surface area contributed by atoms with E-state index in [1.54, 1.807) is 13.8 Å². The van der Waals surface area contributed by atoms with Crippen LogP contribution < -0.4 is 22.2 Å². The zero-order valence-electron chi connectivity index (χ0n) is 13.3. The number of carbonyl (C=O) groups excluding carboxylic acids is 1. The molecule has 2 heterocycles. The van der Waals surface area contributed by atoms with Crippen LogP contribution in [0, 0.1) is 6.92 Å². The van der Waals surface area contributed by atoms with E-state index in [1.807, 2.05) is 0 Å². The van der Waals surface area contributed by atoms with Crippen molar-refractivity contribution in [2.24, 2.45) is 0 Å². The smallest absolute Gasteiger partial charge is 0.252 e. The lowest BCUT2D eigenvalue weighted by Crippen LogP contribution is -2.33. The molecule has 0 unspecified atom stereocenters. The van der Waals surface area contributed by atoms with E-state index in [1.165, 1.54) is 12.1 Å². The second-order valence-electron chi connectivity index (χ2n) is 5.11. The molecule has 10 heteroatoms. The molecular formula is C14H18N6O3S. The Bertz CT molecular complexity index is 847. The zero-order chi connectivity index (χ0) is 17.7. The van der Waals surface area contributed by atoms with Gasteiger partial charge in [-0.2, -0.15) is 0 Å². The Balaban J connectivity index is 1.87. The summed E-state index contributed by atoms with van der Waals surface area (Å²) in [6, 6.07) is 2.57. The Morgan fingerprint density at radius 2 is 2.00 bits per heavy atom. The average Bonchev–Trinajstić information content (AvgIpc) is 2.44. The van der Waals surface area contributed by atoms with Gasteiger partial charge in [-0.3, -0.25) is 14.4 Å². The van der Waals surface area contributed by atoms with E-state index in [0.717, 1.165) is 11.8 Å². The van der Waals surface area contributed by atoms with Crippen molar-refractivity contribution in [3.8, 4) is 0 Å². The molecule has 0 aliphatic carbocycles. The number of anilines is 1. The van der Waals surface area contributed by atoms with Crippen LogP contribution in [0.1, 0.15) is 18.4 Å². The van der Waals surface area contributed by atoms with Crippen molar-refractivity contribution in [2.45, 2.75) is 30.7 Å². The summed E-state index contributed by atoms with van der Waals surface area (Å²) in [6.07, 6.45) is 0.350. The van der Waals surface area contributed by atoms with Gasteiger partial charge < -0.3 is 21.0 Å². The first-order valence-electron chi connectivity index (χ1n) is 7.21. The van der Waals surface area contributed by atoms with Crippen molar-refractivity contribution in [3.63, 3.8) is 0 Å². The SMILES string of the molecule is Cc1cc(=O)[nH]c(S[C@@H](C)C(=O)NCCc2nc(N)cc(=O)[nH]2)n1. The highest BCUT2D eigenvalue weighted by molar-refractivity contribution is 8.00. The Labute approximate surface area is 141 Å². The average molecular weight is 350 g/mol. The summed E-state index contributed by atoms with van der Waals surface area (Å²) >= 11 is 1.16. The van der Waals surface area contributed by atoms with Crippen LogP contribution >= 0.6 is 11.8 Å². The van der Waals surface area contributed by atoms with E-state index < -0.39 is 5.25 Å². The number of H-pyrrole nitrogens is 2. The Morgan fingerprint density at radius 3 is 2.67 bits per heavy atom. The van der Waals surface area contributed by atoms with Crippen molar-refractivity contribution in [2.75, 3.05) is 12.3 Å². The summed E-state index contributed by atoms with van der Waals surface area (Å²) in [6.45, 7) is 3.72. The molecule has 128 valence electrons. The van der Waals surface area contributed by atoms with Crippen LogP contribution in [0.15, 0.2) is 26.9 Å². The number of aromatic nitrogens is 4. The molecular weight excluding hydrogens is 332 g/mol. The highest BCUT2D eigenvalue weighted by Gasteiger charge is 2.15. The molecule has 2 rings (SSSR count). The third kappa shape index (κ3) is 5.23. The van der Waals surface area contributed by atoms with Crippen LogP contribution in [0.25, 0.3) is 0 Å². The molecule has 0 spiro atoms. The molecule has 0 aliphatic heterocycles. The minimum Gasteiger partial charge on any atom is -0.383 e. The maximum Gasteiger partial charge on any atom is 0.252 e. The van der Waals surface area contributed by atoms with Crippen LogP contribution in [0.2, 0.25) is 0 Å². The Hall–Kier alpha value is -2.62. The van der Waals surface area contributed by atoms with E-state index in [9.17, 15) is 14.4 Å². The summed E-state index contributed by atoms with van der Waals surface area (Å²) in [5.41, 5.74) is 5.49. The summed E-state index contributed by atoms with van der Waals surface area (Å²) in [5.74, 6) is 0.333. The fourth-order valence-corrected chi connectivity index (χ4v) is 2.80. The molecule has 9 nitrogen and oxygen atoms in total. The number of nitrogens with two attached hydrogens (primary N) is 1. The first-order valence-corrected chi connectivity index (χ1v) is 8.09. The zero-order valence-corrected chi connectivity index (χ0v) is 14.1. The van der Waals surface area contributed by atoms with Crippen LogP contribution in [0.5, 0.6) is 0 Å². The van der Waals surface area contributed by atoms with Crippen LogP contribution in [-0.2, 0) is 11.2 Å². The predicted molar refractivity (Wildman–Crippen MR) is 90.9 cm³/mol. The van der Waals surface area contributed by atoms with Crippen molar-refractivity contribution in [3.05, 3.63) is 44.4 Å². The maximum atomic E-state index is 12.1. The standard InChI is InChI=1S/C14H18N6O3S/c1-7-5-11(21)20-14(17-7)24-8(2)13(23)16-4-3-10-18-9(15)6-12(22)19-10/h5-6,8H,3-4H2,1-2H3,(H,16,23)(H,17,20,21)(H3,15,18,19,22)/t8-/m0/s1. The monoisotopic (exact) mass is 350 g/mol. The normalized spacial score (nSPS) is 11.9. The number of nitrogens with zero attached hydrogens (tertiary/aromatic N) is 2. The summed E-state index contributed by atoms with van der Waals surface area (Å²) < 4.78 is 0. The minimum atomic E-state index is -0.442. The van der Waals surface area contributed by atoms with Gasteiger partial charge in [-0.25, -0.2) is 9.97 Å². The van der Waals surface area contributed by atoms with Crippen molar-refractivity contribution in [1.29, 1.82) is 0 Å². The molecule has 2 aromatic rings. The number of aryl methyl sites for hydroxylation is 1. The van der Waals surface area contributed by atoms with Crippen LogP contribution in [0.3, 0.4) is 0 Å². The lowest BCUT2D eigenvalue weighted by molar-refractivity contribution is -0.120. The van der Waals surface area contributed by atoms with Gasteiger partial charge in [0.25, 0.3) is 11.1 Å². The molecule has 2 aromatic heterocycles. The van der Waals surface area contributed by atoms with Gasteiger partial charge in [0, 0.05) is 30.8 Å². The van der Waals surface area contributed by atoms with E-state index in [4.69, 9.17) is 5.73 Å². The molecule has 0 saturated carbocycles. The number of aromatic amines is 2. The van der Waals surface area contributed by atoms with Gasteiger partial charge >= 0.3 is 0 Å². The molecule has 24 heavy (non-hydrogen) atoms. The highest BCUT2D eigenvalue weighted by Crippen LogP contribution is 2.18. The lowest BCUT2D eigenvalue weighted by atomic mass is 10.3. The molecule has 0 aromatic carbocycles. The number of hydrogen-bond donors (Lipinski definition) is 4. The summed E-state index contributed by atoms with van der Waals surface area (Å²) in [5, 5.41) is 2.69. The van der Waals surface area contributed by atoms with Gasteiger partial charge in [-0.05, 0) is 13.8 Å². The van der Waals surface area contributed by atoms with Gasteiger partial charge in [-0.15, -0.1) is 0 Å². The largest absolute Gasteiger partial charge is 0.383 e. The highest BCUT2D eigenvalue weighted by atomic mass is 32.2. The van der Waals surface area contributed by atoms with E-state index >= 15 is 0 Å². The molecule has 1 amide bonds. The third-order valence-corrected chi connectivity index (χ3v) is 3.96. The van der Waals surface area contributed by atoms with Crippen LogP contribution in [-0.4, -0.2) is 37.6 Å². The van der Waals surface area contributed by atoms with Gasteiger partial charge in [0.2, 0.25) is 5.91 Å². The molecule has 5 N–H and O–H groups in total. The van der Waals surface area contributed by atoms with Gasteiger partial charge in [0.15, 0.2) is 5.16 Å². The third-order valence-electron chi connectivity index (χ3n) is 2.98. The fraction of sp³-hybridized carbons (Fsp3) is 0.357. The predicted octanol–water partition coefficient (Wildman–Crippen LogP) is -0.417. The first kappa shape index (κ1) is 17.7. The Kier molecular flexibility index (Phi) is 5.74. The number of amides is 1. The number of nitrogens with one attached hydrogen (secondary N) is 3. The molecule has 1 atom stereocenters. The van der Waals surface area contributed by atoms with E-state index in [0.29, 0.717) is 29.6 Å². The number of thioether (sulfide) groups is 1. The second kappa shape index (κ2) is 7.77. The molecule has 0 saturated heterocycles. The van der Waals surface area contributed by atoms with Crippen molar-refractivity contribution in [1.82, 2.24) is 25.3 Å². The molecule has 0 radical (unpaired) electrons.